The van der Waals surface area contributed by atoms with Crippen molar-refractivity contribution in [3.63, 3.8) is 0 Å². The van der Waals surface area contributed by atoms with Gasteiger partial charge in [0, 0.05) is 12.8 Å². The summed E-state index contributed by atoms with van der Waals surface area (Å²) in [5, 5.41) is 3.76. The number of piperidine rings is 1. The van der Waals surface area contributed by atoms with Crippen LogP contribution in [0.3, 0.4) is 0 Å². The van der Waals surface area contributed by atoms with Crippen LogP contribution in [0.2, 0.25) is 0 Å². The van der Waals surface area contributed by atoms with Crippen molar-refractivity contribution in [1.29, 1.82) is 0 Å². The van der Waals surface area contributed by atoms with E-state index in [4.69, 9.17) is 10.3 Å². The van der Waals surface area contributed by atoms with Crippen LogP contribution in [0.5, 0.6) is 0 Å². The summed E-state index contributed by atoms with van der Waals surface area (Å²) in [4.78, 5) is 28.9. The van der Waals surface area contributed by atoms with E-state index in [0.29, 0.717) is 18.7 Å². The fraction of sp³-hybridized carbons (Fsp3) is 0.667. The van der Waals surface area contributed by atoms with Crippen molar-refractivity contribution in [2.45, 2.75) is 45.7 Å². The predicted octanol–water partition coefficient (Wildman–Crippen LogP) is 0.548. The lowest BCUT2D eigenvalue weighted by Gasteiger charge is -2.26. The number of aromatic nitrogens is 2. The summed E-state index contributed by atoms with van der Waals surface area (Å²) in [5.74, 6) is 0.279. The molecule has 0 radical (unpaired) electrons. The summed E-state index contributed by atoms with van der Waals surface area (Å²) in [5.41, 5.74) is 5.13. The quantitative estimate of drug-likeness (QED) is 0.801. The molecule has 1 aliphatic rings. The molecule has 0 aliphatic carbocycles. The first kappa shape index (κ1) is 13.7. The van der Waals surface area contributed by atoms with Crippen molar-refractivity contribution in [3.8, 4) is 0 Å². The maximum atomic E-state index is 11.8. The minimum Gasteiger partial charge on any atom is -0.337 e. The molecule has 7 nitrogen and oxygen atoms in total. The number of hydrogen-bond acceptors (Lipinski definition) is 6. The number of likely N-dealkylation sites (tertiary alicyclic amines) is 1. The highest BCUT2D eigenvalue weighted by molar-refractivity contribution is 5.97. The van der Waals surface area contributed by atoms with Gasteiger partial charge in [0.1, 0.15) is 6.54 Å². The van der Waals surface area contributed by atoms with E-state index in [1.807, 2.05) is 6.92 Å². The van der Waals surface area contributed by atoms with Gasteiger partial charge in [0.2, 0.25) is 17.7 Å². The molecule has 104 valence electrons. The van der Waals surface area contributed by atoms with Crippen LogP contribution in [0.25, 0.3) is 0 Å². The summed E-state index contributed by atoms with van der Waals surface area (Å²) in [7, 11) is 0. The van der Waals surface area contributed by atoms with E-state index in [0.717, 1.165) is 0 Å². The highest BCUT2D eigenvalue weighted by Gasteiger charge is 2.32. The molecule has 1 aliphatic heterocycles. The first-order valence-corrected chi connectivity index (χ1v) is 6.22. The Hall–Kier alpha value is -1.76. The SMILES string of the molecule is CC1CC(=O)N(Cc2nc(C(C)(C)N)no2)C(=O)C1. The molecular formula is C12H18N4O3. The number of imide groups is 1. The van der Waals surface area contributed by atoms with E-state index in [1.165, 1.54) is 4.90 Å². The Balaban J connectivity index is 2.11. The molecule has 19 heavy (non-hydrogen) atoms. The topological polar surface area (TPSA) is 102 Å². The first-order chi connectivity index (χ1) is 8.77. The molecule has 1 saturated heterocycles. The van der Waals surface area contributed by atoms with E-state index in [1.54, 1.807) is 13.8 Å². The van der Waals surface area contributed by atoms with Crippen LogP contribution in [0.1, 0.15) is 45.3 Å². The number of carbonyl (C=O) groups is 2. The van der Waals surface area contributed by atoms with Gasteiger partial charge < -0.3 is 10.3 Å². The van der Waals surface area contributed by atoms with Gasteiger partial charge in [-0.2, -0.15) is 4.98 Å². The first-order valence-electron chi connectivity index (χ1n) is 6.22. The van der Waals surface area contributed by atoms with E-state index < -0.39 is 5.54 Å². The molecule has 2 heterocycles. The van der Waals surface area contributed by atoms with Gasteiger partial charge in [-0.1, -0.05) is 12.1 Å². The number of nitrogens with zero attached hydrogens (tertiary/aromatic N) is 3. The molecule has 0 bridgehead atoms. The molecule has 2 amide bonds. The van der Waals surface area contributed by atoms with Crippen molar-refractivity contribution in [2.75, 3.05) is 0 Å². The zero-order valence-corrected chi connectivity index (χ0v) is 11.3. The molecule has 1 aromatic rings. The molecule has 7 heteroatoms. The van der Waals surface area contributed by atoms with E-state index >= 15 is 0 Å². The Labute approximate surface area is 111 Å². The van der Waals surface area contributed by atoms with Gasteiger partial charge in [-0.3, -0.25) is 14.5 Å². The van der Waals surface area contributed by atoms with Gasteiger partial charge in [-0.15, -0.1) is 0 Å². The van der Waals surface area contributed by atoms with Crippen LogP contribution < -0.4 is 5.73 Å². The maximum Gasteiger partial charge on any atom is 0.246 e. The molecular weight excluding hydrogens is 248 g/mol. The van der Waals surface area contributed by atoms with Crippen molar-refractivity contribution < 1.29 is 14.1 Å². The number of rotatable bonds is 3. The van der Waals surface area contributed by atoms with Crippen LogP contribution >= 0.6 is 0 Å². The third kappa shape index (κ3) is 2.98. The minimum atomic E-state index is -0.716. The average molecular weight is 266 g/mol. The Morgan fingerprint density at radius 1 is 1.37 bits per heavy atom. The second-order valence-electron chi connectivity index (χ2n) is 5.62. The summed E-state index contributed by atoms with van der Waals surface area (Å²) < 4.78 is 5.03. The Morgan fingerprint density at radius 3 is 2.42 bits per heavy atom. The van der Waals surface area contributed by atoms with E-state index in [-0.39, 0.29) is 30.2 Å². The maximum absolute atomic E-state index is 11.8. The standard InChI is InChI=1S/C12H18N4O3/c1-7-4-9(17)16(10(18)5-7)6-8-14-11(15-19-8)12(2,3)13/h7H,4-6,13H2,1-3H3. The van der Waals surface area contributed by atoms with Gasteiger partial charge >= 0.3 is 0 Å². The van der Waals surface area contributed by atoms with Crippen molar-refractivity contribution in [1.82, 2.24) is 15.0 Å². The summed E-state index contributed by atoms with van der Waals surface area (Å²) in [6, 6.07) is 0. The van der Waals surface area contributed by atoms with Crippen LogP contribution in [0.15, 0.2) is 4.52 Å². The molecule has 2 N–H and O–H groups in total. The second-order valence-corrected chi connectivity index (χ2v) is 5.62. The van der Waals surface area contributed by atoms with Gasteiger partial charge in [-0.25, -0.2) is 0 Å². The fourth-order valence-electron chi connectivity index (χ4n) is 1.92. The van der Waals surface area contributed by atoms with Crippen LogP contribution in [0.4, 0.5) is 0 Å². The zero-order chi connectivity index (χ0) is 14.2. The average Bonchev–Trinajstić information content (AvgIpc) is 2.71. The van der Waals surface area contributed by atoms with Crippen LogP contribution in [0, 0.1) is 5.92 Å². The van der Waals surface area contributed by atoms with Crippen LogP contribution in [-0.4, -0.2) is 26.9 Å². The number of carbonyl (C=O) groups excluding carboxylic acids is 2. The molecule has 2 rings (SSSR count). The van der Waals surface area contributed by atoms with E-state index in [2.05, 4.69) is 10.1 Å². The number of amides is 2. The Bertz CT molecular complexity index is 485. The third-order valence-electron chi connectivity index (χ3n) is 2.99. The molecule has 1 aromatic heterocycles. The molecule has 0 spiro atoms. The van der Waals surface area contributed by atoms with Gasteiger partial charge in [0.05, 0.1) is 5.54 Å². The summed E-state index contributed by atoms with van der Waals surface area (Å²) in [6.07, 6.45) is 0.740. The Morgan fingerprint density at radius 2 is 1.95 bits per heavy atom. The monoisotopic (exact) mass is 266 g/mol. The molecule has 0 atom stereocenters. The van der Waals surface area contributed by atoms with Crippen molar-refractivity contribution in [2.24, 2.45) is 11.7 Å². The lowest BCUT2D eigenvalue weighted by atomic mass is 9.98. The third-order valence-corrected chi connectivity index (χ3v) is 2.99. The predicted molar refractivity (Wildman–Crippen MR) is 65.5 cm³/mol. The highest BCUT2D eigenvalue weighted by atomic mass is 16.5. The molecule has 0 unspecified atom stereocenters. The highest BCUT2D eigenvalue weighted by Crippen LogP contribution is 2.21. The summed E-state index contributed by atoms with van der Waals surface area (Å²) >= 11 is 0. The van der Waals surface area contributed by atoms with Gasteiger partial charge in [0.25, 0.3) is 0 Å². The van der Waals surface area contributed by atoms with E-state index in [9.17, 15) is 9.59 Å². The smallest absolute Gasteiger partial charge is 0.246 e. The normalized spacial score (nSPS) is 18.2. The molecule has 0 aromatic carbocycles. The van der Waals surface area contributed by atoms with Crippen molar-refractivity contribution in [3.05, 3.63) is 11.7 Å². The summed E-state index contributed by atoms with van der Waals surface area (Å²) in [6.45, 7) is 5.41. The largest absolute Gasteiger partial charge is 0.337 e. The van der Waals surface area contributed by atoms with Gasteiger partial charge in [-0.05, 0) is 19.8 Å². The Kier molecular flexibility index (Phi) is 3.40. The van der Waals surface area contributed by atoms with Gasteiger partial charge in [0.15, 0.2) is 5.82 Å². The molecule has 0 saturated carbocycles. The van der Waals surface area contributed by atoms with Crippen LogP contribution in [-0.2, 0) is 21.7 Å². The number of hydrogen-bond donors (Lipinski definition) is 1. The second kappa shape index (κ2) is 4.73. The lowest BCUT2D eigenvalue weighted by molar-refractivity contribution is -0.150. The fourth-order valence-corrected chi connectivity index (χ4v) is 1.92. The lowest BCUT2D eigenvalue weighted by Crippen LogP contribution is -2.42. The zero-order valence-electron chi connectivity index (χ0n) is 11.3. The molecule has 1 fully saturated rings. The number of nitrogens with two attached hydrogens (primary N) is 1. The minimum absolute atomic E-state index is 0.0213. The van der Waals surface area contributed by atoms with Crippen molar-refractivity contribution >= 4 is 11.8 Å².